The van der Waals surface area contributed by atoms with Gasteiger partial charge in [-0.2, -0.15) is 0 Å². The van der Waals surface area contributed by atoms with Gasteiger partial charge in [-0.15, -0.1) is 22.7 Å². The Morgan fingerprint density at radius 3 is 0.726 bits per heavy atom. The monoisotopic (exact) mass is 822 g/mol. The van der Waals surface area contributed by atoms with Crippen LogP contribution in [-0.2, 0) is 0 Å². The van der Waals surface area contributed by atoms with Crippen LogP contribution in [0.25, 0.3) is 118 Å². The average Bonchev–Trinajstić information content (AvgIpc) is 3.92. The first-order valence-corrected chi connectivity index (χ1v) is 22.8. The Labute approximate surface area is 369 Å². The largest absolute Gasteiger partial charge is 0.135 e. The van der Waals surface area contributed by atoms with E-state index in [2.05, 4.69) is 231 Å². The van der Waals surface area contributed by atoms with E-state index in [0.717, 1.165) is 0 Å². The normalized spacial score (nSPS) is 11.5. The fourth-order valence-electron chi connectivity index (χ4n) is 9.06. The summed E-state index contributed by atoms with van der Waals surface area (Å²) in [5.74, 6) is 0. The van der Waals surface area contributed by atoms with Gasteiger partial charge >= 0.3 is 0 Å². The molecule has 12 rings (SSSR count). The summed E-state index contributed by atoms with van der Waals surface area (Å²) in [7, 11) is 0. The maximum atomic E-state index is 2.35. The summed E-state index contributed by atoms with van der Waals surface area (Å²) in [5, 5.41) is 5.33. The van der Waals surface area contributed by atoms with Gasteiger partial charge in [-0.1, -0.05) is 176 Å². The molecule has 2 aromatic heterocycles. The summed E-state index contributed by atoms with van der Waals surface area (Å²) in [6, 6.07) is 84.9. The number of rotatable bonds is 7. The zero-order chi connectivity index (χ0) is 41.0. The first-order chi connectivity index (χ1) is 30.7. The van der Waals surface area contributed by atoms with E-state index in [-0.39, 0.29) is 0 Å². The van der Waals surface area contributed by atoms with Crippen molar-refractivity contribution in [3.8, 4) is 77.9 Å². The third-order valence-electron chi connectivity index (χ3n) is 12.3. The van der Waals surface area contributed by atoms with Gasteiger partial charge in [0.25, 0.3) is 0 Å². The van der Waals surface area contributed by atoms with Gasteiger partial charge < -0.3 is 0 Å². The minimum absolute atomic E-state index is 1.20. The van der Waals surface area contributed by atoms with Crippen LogP contribution >= 0.6 is 22.7 Å². The van der Waals surface area contributed by atoms with Crippen LogP contribution < -0.4 is 0 Å². The summed E-state index contributed by atoms with van der Waals surface area (Å²) >= 11 is 3.74. The molecular formula is C60H38S2. The Bertz CT molecular complexity index is 3640. The number of thiophene rings is 2. The Balaban J connectivity index is 0.786. The van der Waals surface area contributed by atoms with E-state index < -0.39 is 0 Å². The maximum Gasteiger partial charge on any atom is 0.0361 e. The van der Waals surface area contributed by atoms with E-state index in [1.54, 1.807) is 0 Å². The molecule has 12 aromatic rings. The van der Waals surface area contributed by atoms with Crippen molar-refractivity contribution >= 4 is 63.0 Å². The molecule has 0 saturated heterocycles. The van der Waals surface area contributed by atoms with Crippen LogP contribution in [-0.4, -0.2) is 0 Å². The van der Waals surface area contributed by atoms with Gasteiger partial charge in [0.15, 0.2) is 0 Å². The van der Waals surface area contributed by atoms with Crippen molar-refractivity contribution in [2.75, 3.05) is 0 Å². The van der Waals surface area contributed by atoms with Crippen molar-refractivity contribution in [1.29, 1.82) is 0 Å². The molecule has 0 spiro atoms. The van der Waals surface area contributed by atoms with E-state index in [1.807, 2.05) is 22.7 Å². The molecule has 0 amide bonds. The molecule has 0 N–H and O–H groups in total. The highest BCUT2D eigenvalue weighted by Gasteiger charge is 2.11. The van der Waals surface area contributed by atoms with Crippen molar-refractivity contribution in [2.24, 2.45) is 0 Å². The van der Waals surface area contributed by atoms with Crippen molar-refractivity contribution in [2.45, 2.75) is 0 Å². The predicted octanol–water partition coefficient (Wildman–Crippen LogP) is 18.1. The molecule has 0 aliphatic heterocycles. The van der Waals surface area contributed by atoms with Gasteiger partial charge in [0.2, 0.25) is 0 Å². The molecule has 0 radical (unpaired) electrons. The van der Waals surface area contributed by atoms with Crippen LogP contribution in [0, 0.1) is 0 Å². The molecule has 0 bridgehead atoms. The van der Waals surface area contributed by atoms with Crippen LogP contribution in [0.15, 0.2) is 231 Å². The fraction of sp³-hybridized carbons (Fsp3) is 0. The van der Waals surface area contributed by atoms with Gasteiger partial charge in [-0.05, 0) is 132 Å². The Hall–Kier alpha value is -7.36. The molecule has 0 nitrogen and oxygen atoms in total. The molecule has 0 atom stereocenters. The Kier molecular flexibility index (Phi) is 8.99. The van der Waals surface area contributed by atoms with E-state index in [9.17, 15) is 0 Å². The zero-order valence-corrected chi connectivity index (χ0v) is 35.4. The fourth-order valence-corrected chi connectivity index (χ4v) is 11.3. The third-order valence-corrected chi connectivity index (χ3v) is 14.6. The van der Waals surface area contributed by atoms with Crippen LogP contribution in [0.1, 0.15) is 0 Å². The number of hydrogen-bond donors (Lipinski definition) is 0. The van der Waals surface area contributed by atoms with Crippen LogP contribution in [0.4, 0.5) is 0 Å². The van der Waals surface area contributed by atoms with E-state index in [4.69, 9.17) is 0 Å². The predicted molar refractivity (Wildman–Crippen MR) is 270 cm³/mol. The first kappa shape index (κ1) is 36.5. The summed E-state index contributed by atoms with van der Waals surface area (Å²) in [6.45, 7) is 0. The molecule has 0 saturated carbocycles. The molecule has 0 fully saturated rings. The van der Waals surface area contributed by atoms with E-state index >= 15 is 0 Å². The van der Waals surface area contributed by atoms with Crippen molar-refractivity contribution < 1.29 is 0 Å². The minimum Gasteiger partial charge on any atom is -0.135 e. The quantitative estimate of drug-likeness (QED) is 0.150. The van der Waals surface area contributed by atoms with Gasteiger partial charge in [0.1, 0.15) is 0 Å². The highest BCUT2D eigenvalue weighted by molar-refractivity contribution is 7.26. The second kappa shape index (κ2) is 15.3. The van der Waals surface area contributed by atoms with Crippen molar-refractivity contribution in [3.63, 3.8) is 0 Å². The number of hydrogen-bond acceptors (Lipinski definition) is 2. The number of fused-ring (bicyclic) bond motifs is 6. The second-order valence-corrected chi connectivity index (χ2v) is 18.3. The standard InChI is InChI=1S/C60H38S2/c1-3-22-57-53(20-1)55-30-28-51(37-59(55)61-57)49-18-8-16-47(35-49)44-13-6-11-42(33-44)40-26-24-39(25-27-40)41-10-5-12-43(32-41)45-14-7-15-46(34-45)48-17-9-19-50(36-48)52-29-31-56-54-21-2-4-23-58(54)62-60(56)38-52/h1-38H. The molecule has 0 unspecified atom stereocenters. The molecule has 2 heteroatoms. The van der Waals surface area contributed by atoms with Gasteiger partial charge in [0.05, 0.1) is 0 Å². The lowest BCUT2D eigenvalue weighted by Gasteiger charge is -2.11. The molecule has 10 aromatic carbocycles. The van der Waals surface area contributed by atoms with Gasteiger partial charge in [-0.25, -0.2) is 0 Å². The lowest BCUT2D eigenvalue weighted by atomic mass is 9.93. The molecule has 62 heavy (non-hydrogen) atoms. The van der Waals surface area contributed by atoms with Crippen molar-refractivity contribution in [1.82, 2.24) is 0 Å². The van der Waals surface area contributed by atoms with Crippen LogP contribution in [0.2, 0.25) is 0 Å². The van der Waals surface area contributed by atoms with Crippen LogP contribution in [0.5, 0.6) is 0 Å². The summed E-state index contributed by atoms with van der Waals surface area (Å²) in [6.07, 6.45) is 0. The Morgan fingerprint density at radius 1 is 0.161 bits per heavy atom. The lowest BCUT2D eigenvalue weighted by molar-refractivity contribution is 1.56. The highest BCUT2D eigenvalue weighted by Crippen LogP contribution is 2.40. The Morgan fingerprint density at radius 2 is 0.403 bits per heavy atom. The SMILES string of the molecule is c1cc(-c2ccc(-c3cccc(-c4cccc(-c5ccc6c(c5)sc5ccccc56)c4)c3)cc2)cc(-c2cccc(-c3cccc(-c4ccc5c(c4)sc4ccccc45)c3)c2)c1. The third kappa shape index (κ3) is 6.71. The zero-order valence-electron chi connectivity index (χ0n) is 33.8. The van der Waals surface area contributed by atoms with Crippen LogP contribution in [0.3, 0.4) is 0 Å². The smallest absolute Gasteiger partial charge is 0.0361 e. The molecule has 290 valence electrons. The average molecular weight is 823 g/mol. The molecule has 0 aliphatic rings. The maximum absolute atomic E-state index is 2.35. The second-order valence-electron chi connectivity index (χ2n) is 16.1. The van der Waals surface area contributed by atoms with E-state index in [0.29, 0.717) is 0 Å². The molecular weight excluding hydrogens is 785 g/mol. The number of benzene rings is 10. The topological polar surface area (TPSA) is 0 Å². The molecule has 0 aliphatic carbocycles. The van der Waals surface area contributed by atoms with Gasteiger partial charge in [-0.3, -0.25) is 0 Å². The van der Waals surface area contributed by atoms with Crippen molar-refractivity contribution in [3.05, 3.63) is 231 Å². The van der Waals surface area contributed by atoms with Gasteiger partial charge in [0, 0.05) is 40.3 Å². The highest BCUT2D eigenvalue weighted by atomic mass is 32.1. The minimum atomic E-state index is 1.20. The summed E-state index contributed by atoms with van der Waals surface area (Å²) < 4.78 is 5.33. The lowest BCUT2D eigenvalue weighted by Crippen LogP contribution is -1.85. The summed E-state index contributed by atoms with van der Waals surface area (Å²) in [5.41, 5.74) is 17.1. The first-order valence-electron chi connectivity index (χ1n) is 21.1. The van der Waals surface area contributed by atoms with E-state index in [1.165, 1.54) is 118 Å². The summed E-state index contributed by atoms with van der Waals surface area (Å²) in [4.78, 5) is 0. The molecule has 2 heterocycles.